The summed E-state index contributed by atoms with van der Waals surface area (Å²) in [7, 11) is 1.50. The first kappa shape index (κ1) is 25.7. The molecule has 0 spiro atoms. The zero-order valence-electron chi connectivity index (χ0n) is 21.7. The van der Waals surface area contributed by atoms with E-state index in [1.165, 1.54) is 12.7 Å². The fourth-order valence-electron chi connectivity index (χ4n) is 5.46. The molecule has 0 saturated carbocycles. The highest BCUT2D eigenvalue weighted by atomic mass is 16.6. The van der Waals surface area contributed by atoms with Gasteiger partial charge in [0.15, 0.2) is 5.88 Å². The number of hydrogen-bond donors (Lipinski definition) is 3. The number of oxime groups is 1. The molecule has 2 aromatic carbocycles. The highest BCUT2D eigenvalue weighted by Crippen LogP contribution is 2.36. The predicted octanol–water partition coefficient (Wildman–Crippen LogP) is 5.58. The van der Waals surface area contributed by atoms with Crippen LogP contribution >= 0.6 is 0 Å². The van der Waals surface area contributed by atoms with E-state index in [0.717, 1.165) is 84.8 Å². The molecule has 5 rings (SSSR count). The lowest BCUT2D eigenvalue weighted by molar-refractivity contribution is -0.137. The molecule has 198 valence electrons. The maximum Gasteiger partial charge on any atom is 0.303 e. The van der Waals surface area contributed by atoms with E-state index in [1.807, 2.05) is 24.3 Å². The van der Waals surface area contributed by atoms with Gasteiger partial charge < -0.3 is 24.9 Å². The van der Waals surface area contributed by atoms with Crippen molar-refractivity contribution in [2.45, 2.75) is 38.5 Å². The quantitative estimate of drug-likeness (QED) is 0.188. The van der Waals surface area contributed by atoms with E-state index >= 15 is 0 Å². The number of likely N-dealkylation sites (tertiary alicyclic amines) is 1. The second-order valence-electron chi connectivity index (χ2n) is 10.1. The summed E-state index contributed by atoms with van der Waals surface area (Å²) < 4.78 is 0. The molecule has 38 heavy (non-hydrogen) atoms. The minimum atomic E-state index is -0.686. The normalized spacial score (nSPS) is 15.1. The number of carbonyl (C=O) groups is 1. The van der Waals surface area contributed by atoms with Crippen LogP contribution in [0.25, 0.3) is 33.1 Å². The number of aromatic nitrogens is 2. The van der Waals surface area contributed by atoms with Crippen molar-refractivity contribution < 1.29 is 19.8 Å². The van der Waals surface area contributed by atoms with Gasteiger partial charge in [0.25, 0.3) is 0 Å². The molecule has 3 heterocycles. The second-order valence-corrected chi connectivity index (χ2v) is 10.1. The predicted molar refractivity (Wildman–Crippen MR) is 150 cm³/mol. The summed E-state index contributed by atoms with van der Waals surface area (Å²) in [4.78, 5) is 26.0. The fraction of sp³-hybridized carbons (Fsp3) is 0.367. The van der Waals surface area contributed by atoms with E-state index in [2.05, 4.69) is 39.3 Å². The number of nitrogens with one attached hydrogen (secondary N) is 1. The molecule has 2 aromatic heterocycles. The summed E-state index contributed by atoms with van der Waals surface area (Å²) >= 11 is 0. The molecule has 1 aliphatic rings. The maximum absolute atomic E-state index is 10.8. The van der Waals surface area contributed by atoms with Crippen LogP contribution in [-0.2, 0) is 16.1 Å². The van der Waals surface area contributed by atoms with E-state index in [4.69, 9.17) is 14.9 Å². The largest absolute Gasteiger partial charge is 0.494 e. The number of aromatic hydroxyl groups is 1. The first-order chi connectivity index (χ1) is 18.5. The molecule has 1 fully saturated rings. The van der Waals surface area contributed by atoms with Crippen LogP contribution in [0.4, 0.5) is 0 Å². The molecule has 0 radical (unpaired) electrons. The molecule has 1 aliphatic heterocycles. The first-order valence-corrected chi connectivity index (χ1v) is 13.3. The number of H-pyrrole nitrogens is 1. The highest BCUT2D eigenvalue weighted by Gasteiger charge is 2.19. The Kier molecular flexibility index (Phi) is 7.89. The smallest absolute Gasteiger partial charge is 0.303 e. The van der Waals surface area contributed by atoms with Gasteiger partial charge in [-0.3, -0.25) is 4.79 Å². The van der Waals surface area contributed by atoms with Crippen molar-refractivity contribution in [2.75, 3.05) is 26.7 Å². The Morgan fingerprint density at radius 2 is 2.03 bits per heavy atom. The third kappa shape index (κ3) is 5.97. The van der Waals surface area contributed by atoms with Crippen molar-refractivity contribution in [3.8, 4) is 17.1 Å². The number of aryl methyl sites for hydroxylation is 1. The summed E-state index contributed by atoms with van der Waals surface area (Å²) in [5.74, 6) is -0.0388. The van der Waals surface area contributed by atoms with Crippen LogP contribution in [0.15, 0.2) is 53.7 Å². The molecular formula is C30H34N4O4. The minimum Gasteiger partial charge on any atom is -0.494 e. The Bertz CT molecular complexity index is 1450. The standard InChI is InChI=1S/C30H34N4O4/c1-38-31-19-22-4-8-24-27(18-22)33-30(37)29(24)26-10-7-23-17-21(5-9-25(23)32-26)3-2-14-34-15-12-20(13-16-34)6-11-28(35)36/h4-5,7-10,17-20,33,37H,2-3,6,11-16H2,1H3,(H,35,36). The number of carboxylic acid groups (broad SMARTS) is 1. The molecule has 8 nitrogen and oxygen atoms in total. The van der Waals surface area contributed by atoms with Gasteiger partial charge in [0.1, 0.15) is 7.11 Å². The number of pyridine rings is 1. The Morgan fingerprint density at radius 1 is 1.18 bits per heavy atom. The van der Waals surface area contributed by atoms with Gasteiger partial charge in [0.2, 0.25) is 0 Å². The summed E-state index contributed by atoms with van der Waals surface area (Å²) in [5.41, 5.74) is 5.27. The molecule has 0 bridgehead atoms. The van der Waals surface area contributed by atoms with Crippen LogP contribution in [0.1, 0.15) is 43.2 Å². The number of carboxylic acids is 1. The van der Waals surface area contributed by atoms with Gasteiger partial charge in [-0.05, 0) is 93.0 Å². The van der Waals surface area contributed by atoms with Crippen LogP contribution in [0.2, 0.25) is 0 Å². The number of piperidine rings is 1. The van der Waals surface area contributed by atoms with E-state index in [0.29, 0.717) is 11.5 Å². The van der Waals surface area contributed by atoms with Gasteiger partial charge in [-0.15, -0.1) is 0 Å². The lowest BCUT2D eigenvalue weighted by atomic mass is 9.92. The van der Waals surface area contributed by atoms with E-state index in [-0.39, 0.29) is 12.3 Å². The molecular weight excluding hydrogens is 480 g/mol. The van der Waals surface area contributed by atoms with Gasteiger partial charge in [0.05, 0.1) is 23.0 Å². The summed E-state index contributed by atoms with van der Waals surface area (Å²) in [5, 5.41) is 25.3. The van der Waals surface area contributed by atoms with Crippen molar-refractivity contribution in [2.24, 2.45) is 11.1 Å². The van der Waals surface area contributed by atoms with Crippen LogP contribution in [0, 0.1) is 5.92 Å². The maximum atomic E-state index is 10.8. The van der Waals surface area contributed by atoms with Gasteiger partial charge in [-0.2, -0.15) is 0 Å². The van der Waals surface area contributed by atoms with Crippen LogP contribution in [0.5, 0.6) is 5.88 Å². The second kappa shape index (κ2) is 11.6. The van der Waals surface area contributed by atoms with E-state index in [1.54, 1.807) is 6.21 Å². The van der Waals surface area contributed by atoms with E-state index < -0.39 is 5.97 Å². The lowest BCUT2D eigenvalue weighted by Gasteiger charge is -2.31. The van der Waals surface area contributed by atoms with Crippen molar-refractivity contribution in [1.82, 2.24) is 14.9 Å². The average molecular weight is 515 g/mol. The van der Waals surface area contributed by atoms with Crippen LogP contribution < -0.4 is 0 Å². The monoisotopic (exact) mass is 514 g/mol. The van der Waals surface area contributed by atoms with Crippen molar-refractivity contribution in [3.63, 3.8) is 0 Å². The van der Waals surface area contributed by atoms with Crippen molar-refractivity contribution in [1.29, 1.82) is 0 Å². The number of aliphatic carboxylic acids is 1. The summed E-state index contributed by atoms with van der Waals surface area (Å²) in [6.07, 6.45) is 7.03. The molecule has 0 aliphatic carbocycles. The van der Waals surface area contributed by atoms with E-state index in [9.17, 15) is 9.90 Å². The molecule has 0 amide bonds. The molecule has 8 heteroatoms. The average Bonchev–Trinajstić information content (AvgIpc) is 3.26. The number of fused-ring (bicyclic) bond motifs is 2. The molecule has 4 aromatic rings. The number of rotatable bonds is 10. The molecule has 0 unspecified atom stereocenters. The summed E-state index contributed by atoms with van der Waals surface area (Å²) in [6.45, 7) is 3.20. The fourth-order valence-corrected chi connectivity index (χ4v) is 5.46. The number of nitrogens with zero attached hydrogens (tertiary/aromatic N) is 3. The van der Waals surface area contributed by atoms with Gasteiger partial charge in [-0.25, -0.2) is 4.98 Å². The number of benzene rings is 2. The number of aromatic amines is 1. The minimum absolute atomic E-state index is 0.0928. The van der Waals surface area contributed by atoms with Crippen LogP contribution in [-0.4, -0.2) is 64.0 Å². The topological polar surface area (TPSA) is 111 Å². The first-order valence-electron chi connectivity index (χ1n) is 13.3. The SMILES string of the molecule is CON=Cc1ccc2c(-c3ccc4cc(CCCN5CCC(CCC(=O)O)CC5)ccc4n3)c(O)[nH]c2c1. The van der Waals surface area contributed by atoms with Gasteiger partial charge in [0, 0.05) is 22.7 Å². The zero-order valence-corrected chi connectivity index (χ0v) is 21.7. The van der Waals surface area contributed by atoms with Gasteiger partial charge >= 0.3 is 5.97 Å². The molecule has 1 saturated heterocycles. The Balaban J connectivity index is 1.22. The van der Waals surface area contributed by atoms with Crippen molar-refractivity contribution >= 4 is 34.0 Å². The third-order valence-electron chi connectivity index (χ3n) is 7.53. The third-order valence-corrected chi connectivity index (χ3v) is 7.53. The lowest BCUT2D eigenvalue weighted by Crippen LogP contribution is -2.34. The Morgan fingerprint density at radius 3 is 2.82 bits per heavy atom. The molecule has 3 N–H and O–H groups in total. The number of hydrogen-bond acceptors (Lipinski definition) is 6. The van der Waals surface area contributed by atoms with Crippen LogP contribution in [0.3, 0.4) is 0 Å². The Labute approximate surface area is 221 Å². The zero-order chi connectivity index (χ0) is 26.5. The Hall–Kier alpha value is -3.91. The van der Waals surface area contributed by atoms with Crippen molar-refractivity contribution in [3.05, 3.63) is 59.7 Å². The highest BCUT2D eigenvalue weighted by molar-refractivity contribution is 6.01. The summed E-state index contributed by atoms with van der Waals surface area (Å²) in [6, 6.07) is 16.2. The molecule has 0 atom stereocenters. The van der Waals surface area contributed by atoms with Gasteiger partial charge in [-0.1, -0.05) is 29.4 Å².